The van der Waals surface area contributed by atoms with Gasteiger partial charge in [0.05, 0.1) is 0 Å². The van der Waals surface area contributed by atoms with E-state index in [0.29, 0.717) is 0 Å². The van der Waals surface area contributed by atoms with E-state index in [0.717, 1.165) is 25.7 Å². The lowest BCUT2D eigenvalue weighted by Gasteiger charge is -2.16. The molecule has 0 spiro atoms. The van der Waals surface area contributed by atoms with Crippen molar-refractivity contribution in [1.82, 2.24) is 0 Å². The molecule has 0 aromatic heterocycles. The van der Waals surface area contributed by atoms with E-state index in [4.69, 9.17) is 0 Å². The topological polar surface area (TPSA) is 0 Å². The SMILES string of the molecule is CCc1cc(CC)c(CC)c(Br)c1CC. The minimum absolute atomic E-state index is 1.13. The number of benzene rings is 1. The summed E-state index contributed by atoms with van der Waals surface area (Å²) in [6.45, 7) is 8.96. The Morgan fingerprint density at radius 2 is 1.20 bits per heavy atom. The van der Waals surface area contributed by atoms with E-state index >= 15 is 0 Å². The molecule has 0 aliphatic rings. The third-order valence-electron chi connectivity index (χ3n) is 3.12. The van der Waals surface area contributed by atoms with Crippen LogP contribution in [0.25, 0.3) is 0 Å². The maximum absolute atomic E-state index is 3.78. The summed E-state index contributed by atoms with van der Waals surface area (Å²) in [5.41, 5.74) is 6.04. The Bertz CT molecular complexity index is 309. The quantitative estimate of drug-likeness (QED) is 0.743. The van der Waals surface area contributed by atoms with E-state index in [-0.39, 0.29) is 0 Å². The highest BCUT2D eigenvalue weighted by Crippen LogP contribution is 2.30. The first-order chi connectivity index (χ1) is 7.19. The first-order valence-electron chi connectivity index (χ1n) is 6.01. The summed E-state index contributed by atoms with van der Waals surface area (Å²) in [4.78, 5) is 0. The molecular formula is C14H21Br. The van der Waals surface area contributed by atoms with Crippen molar-refractivity contribution in [1.29, 1.82) is 0 Å². The van der Waals surface area contributed by atoms with Crippen LogP contribution in [-0.2, 0) is 25.7 Å². The van der Waals surface area contributed by atoms with Crippen LogP contribution >= 0.6 is 15.9 Å². The molecule has 0 saturated carbocycles. The average Bonchev–Trinajstić information content (AvgIpc) is 2.27. The molecule has 0 nitrogen and oxygen atoms in total. The standard InChI is InChI=1S/C14H21Br/c1-5-10-9-11(6-2)13(8-4)14(15)12(10)7-3/h9H,5-8H2,1-4H3. The first kappa shape index (κ1) is 12.8. The molecule has 0 aliphatic heterocycles. The molecular weight excluding hydrogens is 248 g/mol. The van der Waals surface area contributed by atoms with Gasteiger partial charge in [-0.05, 0) is 47.9 Å². The highest BCUT2D eigenvalue weighted by molar-refractivity contribution is 9.10. The molecule has 0 atom stereocenters. The van der Waals surface area contributed by atoms with Crippen molar-refractivity contribution >= 4 is 15.9 Å². The zero-order chi connectivity index (χ0) is 11.4. The fourth-order valence-corrected chi connectivity index (χ4v) is 3.31. The Kier molecular flexibility index (Phi) is 4.85. The summed E-state index contributed by atoms with van der Waals surface area (Å²) in [5, 5.41) is 0. The van der Waals surface area contributed by atoms with Gasteiger partial charge in [-0.1, -0.05) is 49.7 Å². The molecule has 1 aromatic carbocycles. The highest BCUT2D eigenvalue weighted by atomic mass is 79.9. The monoisotopic (exact) mass is 268 g/mol. The molecule has 0 unspecified atom stereocenters. The van der Waals surface area contributed by atoms with Crippen molar-refractivity contribution < 1.29 is 0 Å². The molecule has 84 valence electrons. The van der Waals surface area contributed by atoms with Crippen LogP contribution in [0.4, 0.5) is 0 Å². The fraction of sp³-hybridized carbons (Fsp3) is 0.571. The maximum Gasteiger partial charge on any atom is 0.0244 e. The van der Waals surface area contributed by atoms with E-state index in [1.807, 2.05) is 0 Å². The van der Waals surface area contributed by atoms with Crippen LogP contribution in [0.2, 0.25) is 0 Å². The number of halogens is 1. The van der Waals surface area contributed by atoms with Crippen LogP contribution in [-0.4, -0.2) is 0 Å². The molecule has 0 bridgehead atoms. The summed E-state index contributed by atoms with van der Waals surface area (Å²) in [6, 6.07) is 2.41. The first-order valence-corrected chi connectivity index (χ1v) is 6.80. The average molecular weight is 269 g/mol. The summed E-state index contributed by atoms with van der Waals surface area (Å²) < 4.78 is 1.36. The van der Waals surface area contributed by atoms with Gasteiger partial charge in [-0.15, -0.1) is 0 Å². The van der Waals surface area contributed by atoms with Crippen molar-refractivity contribution in [2.24, 2.45) is 0 Å². The molecule has 1 rings (SSSR count). The van der Waals surface area contributed by atoms with Gasteiger partial charge in [-0.3, -0.25) is 0 Å². The van der Waals surface area contributed by atoms with Crippen LogP contribution in [0.1, 0.15) is 49.9 Å². The molecule has 0 N–H and O–H groups in total. The second-order valence-electron chi connectivity index (χ2n) is 3.88. The summed E-state index contributed by atoms with van der Waals surface area (Å²) >= 11 is 3.78. The predicted molar refractivity (Wildman–Crippen MR) is 71.7 cm³/mol. The van der Waals surface area contributed by atoms with Gasteiger partial charge in [-0.25, -0.2) is 0 Å². The van der Waals surface area contributed by atoms with Gasteiger partial charge in [-0.2, -0.15) is 0 Å². The molecule has 0 aliphatic carbocycles. The van der Waals surface area contributed by atoms with Crippen LogP contribution < -0.4 is 0 Å². The number of hydrogen-bond acceptors (Lipinski definition) is 0. The minimum Gasteiger partial charge on any atom is -0.0613 e. The number of rotatable bonds is 4. The molecule has 0 saturated heterocycles. The van der Waals surface area contributed by atoms with Crippen molar-refractivity contribution in [3.8, 4) is 0 Å². The Balaban J connectivity index is 3.41. The Morgan fingerprint density at radius 3 is 1.47 bits per heavy atom. The maximum atomic E-state index is 3.78. The third-order valence-corrected chi connectivity index (χ3v) is 4.08. The molecule has 0 fully saturated rings. The molecule has 0 radical (unpaired) electrons. The normalized spacial score (nSPS) is 10.7. The van der Waals surface area contributed by atoms with Crippen LogP contribution in [0.3, 0.4) is 0 Å². The van der Waals surface area contributed by atoms with Gasteiger partial charge in [0, 0.05) is 4.47 Å². The van der Waals surface area contributed by atoms with Crippen molar-refractivity contribution in [2.45, 2.75) is 53.4 Å². The van der Waals surface area contributed by atoms with Gasteiger partial charge in [0.2, 0.25) is 0 Å². The van der Waals surface area contributed by atoms with Gasteiger partial charge in [0.25, 0.3) is 0 Å². The lowest BCUT2D eigenvalue weighted by Crippen LogP contribution is -2.01. The lowest BCUT2D eigenvalue weighted by molar-refractivity contribution is 0.960. The van der Waals surface area contributed by atoms with Crippen LogP contribution in [0.5, 0.6) is 0 Å². The smallest absolute Gasteiger partial charge is 0.0244 e. The number of hydrogen-bond donors (Lipinski definition) is 0. The largest absolute Gasteiger partial charge is 0.0613 e. The van der Waals surface area contributed by atoms with Crippen molar-refractivity contribution in [3.63, 3.8) is 0 Å². The van der Waals surface area contributed by atoms with Gasteiger partial charge < -0.3 is 0 Å². The van der Waals surface area contributed by atoms with Gasteiger partial charge >= 0.3 is 0 Å². The van der Waals surface area contributed by atoms with Crippen LogP contribution in [0, 0.1) is 0 Å². The lowest BCUT2D eigenvalue weighted by atomic mass is 9.93. The second-order valence-corrected chi connectivity index (χ2v) is 4.67. The Morgan fingerprint density at radius 1 is 0.800 bits per heavy atom. The summed E-state index contributed by atoms with van der Waals surface area (Å²) in [5.74, 6) is 0. The van der Waals surface area contributed by atoms with E-state index in [2.05, 4.69) is 49.7 Å². The van der Waals surface area contributed by atoms with E-state index < -0.39 is 0 Å². The fourth-order valence-electron chi connectivity index (χ4n) is 2.24. The van der Waals surface area contributed by atoms with Crippen molar-refractivity contribution in [3.05, 3.63) is 32.8 Å². The second kappa shape index (κ2) is 5.69. The Labute approximate surface area is 102 Å². The van der Waals surface area contributed by atoms with Crippen LogP contribution in [0.15, 0.2) is 10.5 Å². The minimum atomic E-state index is 1.13. The molecule has 15 heavy (non-hydrogen) atoms. The van der Waals surface area contributed by atoms with E-state index in [1.165, 1.54) is 26.7 Å². The van der Waals surface area contributed by atoms with E-state index in [9.17, 15) is 0 Å². The highest BCUT2D eigenvalue weighted by Gasteiger charge is 2.11. The molecule has 1 heteroatoms. The Hall–Kier alpha value is -0.300. The van der Waals surface area contributed by atoms with Crippen molar-refractivity contribution in [2.75, 3.05) is 0 Å². The summed E-state index contributed by atoms with van der Waals surface area (Å²) in [6.07, 6.45) is 4.53. The zero-order valence-corrected chi connectivity index (χ0v) is 11.9. The van der Waals surface area contributed by atoms with Gasteiger partial charge in [0.15, 0.2) is 0 Å². The zero-order valence-electron chi connectivity index (χ0n) is 10.3. The molecule has 0 amide bonds. The third kappa shape index (κ3) is 2.44. The molecule has 0 heterocycles. The van der Waals surface area contributed by atoms with E-state index in [1.54, 1.807) is 0 Å². The predicted octanol–water partition coefficient (Wildman–Crippen LogP) is 4.70. The van der Waals surface area contributed by atoms with Gasteiger partial charge in [0.1, 0.15) is 0 Å². The number of aryl methyl sites for hydroxylation is 2. The molecule has 1 aromatic rings. The summed E-state index contributed by atoms with van der Waals surface area (Å²) in [7, 11) is 0.